The Labute approximate surface area is 89.5 Å². The molecule has 0 aliphatic rings. The normalized spacial score (nSPS) is 10.5. The third kappa shape index (κ3) is 3.46. The van der Waals surface area contributed by atoms with Crippen LogP contribution in [0.4, 0.5) is 5.69 Å². The topological polar surface area (TPSA) is 52.3 Å². The van der Waals surface area contributed by atoms with Crippen molar-refractivity contribution in [1.29, 1.82) is 0 Å². The first-order valence-electron chi connectivity index (χ1n) is 4.73. The Morgan fingerprint density at radius 3 is 2.87 bits per heavy atom. The van der Waals surface area contributed by atoms with Gasteiger partial charge in [0.05, 0.1) is 13.5 Å². The van der Waals surface area contributed by atoms with E-state index >= 15 is 0 Å². The highest BCUT2D eigenvalue weighted by atomic mass is 16.5. The van der Waals surface area contributed by atoms with Crippen molar-refractivity contribution in [3.8, 4) is 0 Å². The highest BCUT2D eigenvalue weighted by Gasteiger charge is 1.96. The minimum atomic E-state index is -0.244. The molecule has 0 saturated carbocycles. The summed E-state index contributed by atoms with van der Waals surface area (Å²) in [6.45, 7) is 1.96. The molecule has 0 heterocycles. The molecule has 0 aliphatic heterocycles. The third-order valence-corrected chi connectivity index (χ3v) is 2.13. The fourth-order valence-electron chi connectivity index (χ4n) is 1.14. The van der Waals surface area contributed by atoms with Crippen LogP contribution in [0.2, 0.25) is 0 Å². The average molecular weight is 205 g/mol. The van der Waals surface area contributed by atoms with Gasteiger partial charge in [-0.15, -0.1) is 0 Å². The van der Waals surface area contributed by atoms with Gasteiger partial charge in [-0.3, -0.25) is 4.79 Å². The van der Waals surface area contributed by atoms with Crippen molar-refractivity contribution in [2.24, 2.45) is 0 Å². The van der Waals surface area contributed by atoms with Gasteiger partial charge in [-0.25, -0.2) is 0 Å². The van der Waals surface area contributed by atoms with Crippen LogP contribution in [0.15, 0.2) is 24.3 Å². The highest BCUT2D eigenvalue weighted by molar-refractivity contribution is 5.72. The molecule has 1 aromatic rings. The molecule has 0 saturated heterocycles. The van der Waals surface area contributed by atoms with Crippen molar-refractivity contribution >= 4 is 17.7 Å². The number of methoxy groups -OCH3 is 1. The van der Waals surface area contributed by atoms with Gasteiger partial charge < -0.3 is 10.5 Å². The van der Waals surface area contributed by atoms with Crippen LogP contribution in [0.5, 0.6) is 0 Å². The van der Waals surface area contributed by atoms with Crippen molar-refractivity contribution in [2.75, 3.05) is 12.8 Å². The van der Waals surface area contributed by atoms with Crippen molar-refractivity contribution in [3.63, 3.8) is 0 Å². The Bertz CT molecular complexity index is 383. The molecule has 3 nitrogen and oxygen atoms in total. The second-order valence-electron chi connectivity index (χ2n) is 3.30. The monoisotopic (exact) mass is 205 g/mol. The van der Waals surface area contributed by atoms with Crippen molar-refractivity contribution in [3.05, 3.63) is 35.4 Å². The molecule has 0 radical (unpaired) electrons. The molecule has 2 N–H and O–H groups in total. The molecule has 15 heavy (non-hydrogen) atoms. The molecule has 0 spiro atoms. The first-order chi connectivity index (χ1) is 7.13. The second-order valence-corrected chi connectivity index (χ2v) is 3.30. The minimum absolute atomic E-state index is 0.244. The number of benzene rings is 1. The molecular weight excluding hydrogens is 190 g/mol. The van der Waals surface area contributed by atoms with Crippen LogP contribution in [0.25, 0.3) is 6.08 Å². The smallest absolute Gasteiger partial charge is 0.309 e. The number of nitrogen functional groups attached to an aromatic ring is 1. The Hall–Kier alpha value is -1.77. The largest absolute Gasteiger partial charge is 0.469 e. The molecule has 80 valence electrons. The highest BCUT2D eigenvalue weighted by Crippen LogP contribution is 2.14. The summed E-state index contributed by atoms with van der Waals surface area (Å²) in [6.07, 6.45) is 3.90. The molecule has 1 aromatic carbocycles. The summed E-state index contributed by atoms with van der Waals surface area (Å²) in [5.74, 6) is -0.244. The zero-order valence-corrected chi connectivity index (χ0v) is 8.99. The fourth-order valence-corrected chi connectivity index (χ4v) is 1.14. The standard InChI is InChI=1S/C12H15NO2/c1-9-6-7-10(8-11(9)13)4-3-5-12(14)15-2/h3-4,6-8H,5,13H2,1-2H3. The van der Waals surface area contributed by atoms with Crippen molar-refractivity contribution in [2.45, 2.75) is 13.3 Å². The van der Waals surface area contributed by atoms with Gasteiger partial charge in [0.2, 0.25) is 0 Å². The fraction of sp³-hybridized carbons (Fsp3) is 0.250. The van der Waals surface area contributed by atoms with E-state index in [-0.39, 0.29) is 12.4 Å². The van der Waals surface area contributed by atoms with E-state index in [1.807, 2.05) is 31.2 Å². The molecule has 1 rings (SSSR count). The lowest BCUT2D eigenvalue weighted by atomic mass is 10.1. The molecule has 0 amide bonds. The number of hydrogen-bond acceptors (Lipinski definition) is 3. The zero-order valence-electron chi connectivity index (χ0n) is 8.99. The first-order valence-corrected chi connectivity index (χ1v) is 4.73. The van der Waals surface area contributed by atoms with Crippen LogP contribution in [0.3, 0.4) is 0 Å². The van der Waals surface area contributed by atoms with Crippen LogP contribution in [0.1, 0.15) is 17.5 Å². The van der Waals surface area contributed by atoms with Crippen LogP contribution >= 0.6 is 0 Å². The molecule has 3 heteroatoms. The van der Waals surface area contributed by atoms with Gasteiger partial charge in [0.1, 0.15) is 0 Å². The summed E-state index contributed by atoms with van der Waals surface area (Å²) in [7, 11) is 1.38. The lowest BCUT2D eigenvalue weighted by Gasteiger charge is -2.00. The molecule has 0 aromatic heterocycles. The van der Waals surface area contributed by atoms with E-state index in [1.54, 1.807) is 6.08 Å². The second kappa shape index (κ2) is 5.20. The van der Waals surface area contributed by atoms with Gasteiger partial charge >= 0.3 is 5.97 Å². The quantitative estimate of drug-likeness (QED) is 0.607. The van der Waals surface area contributed by atoms with Crippen LogP contribution < -0.4 is 5.73 Å². The molecule has 0 fully saturated rings. The number of anilines is 1. The van der Waals surface area contributed by atoms with Gasteiger partial charge in [-0.1, -0.05) is 24.3 Å². The summed E-state index contributed by atoms with van der Waals surface area (Å²) >= 11 is 0. The van der Waals surface area contributed by atoms with Gasteiger partial charge in [0.25, 0.3) is 0 Å². The number of rotatable bonds is 3. The summed E-state index contributed by atoms with van der Waals surface area (Å²) in [5.41, 5.74) is 8.56. The Kier molecular flexibility index (Phi) is 3.92. The van der Waals surface area contributed by atoms with E-state index < -0.39 is 0 Å². The van der Waals surface area contributed by atoms with Crippen LogP contribution in [0, 0.1) is 6.92 Å². The molecule has 0 bridgehead atoms. The third-order valence-electron chi connectivity index (χ3n) is 2.13. The lowest BCUT2D eigenvalue weighted by molar-refractivity contribution is -0.139. The summed E-state index contributed by atoms with van der Waals surface area (Å²) < 4.78 is 4.52. The Morgan fingerprint density at radius 2 is 2.27 bits per heavy atom. The van der Waals surface area contributed by atoms with Crippen LogP contribution in [-0.2, 0) is 9.53 Å². The zero-order chi connectivity index (χ0) is 11.3. The molecular formula is C12H15NO2. The van der Waals surface area contributed by atoms with Crippen molar-refractivity contribution in [1.82, 2.24) is 0 Å². The molecule has 0 aliphatic carbocycles. The van der Waals surface area contributed by atoms with E-state index in [1.165, 1.54) is 7.11 Å². The number of aryl methyl sites for hydroxylation is 1. The summed E-state index contributed by atoms with van der Waals surface area (Å²) in [4.78, 5) is 10.8. The van der Waals surface area contributed by atoms with Crippen molar-refractivity contribution < 1.29 is 9.53 Å². The number of carbonyl (C=O) groups is 1. The van der Waals surface area contributed by atoms with E-state index in [9.17, 15) is 4.79 Å². The maximum atomic E-state index is 10.8. The molecule has 0 atom stereocenters. The Balaban J connectivity index is 2.65. The maximum absolute atomic E-state index is 10.8. The summed E-state index contributed by atoms with van der Waals surface area (Å²) in [6, 6.07) is 5.79. The van der Waals surface area contributed by atoms with E-state index in [0.717, 1.165) is 16.8 Å². The summed E-state index contributed by atoms with van der Waals surface area (Å²) in [5, 5.41) is 0. The predicted molar refractivity (Wildman–Crippen MR) is 61.3 cm³/mol. The number of hydrogen-bond donors (Lipinski definition) is 1. The van der Waals surface area contributed by atoms with Gasteiger partial charge in [-0.2, -0.15) is 0 Å². The first kappa shape index (κ1) is 11.3. The SMILES string of the molecule is COC(=O)CC=Cc1ccc(C)c(N)c1. The Morgan fingerprint density at radius 1 is 1.53 bits per heavy atom. The van der Waals surface area contributed by atoms with E-state index in [2.05, 4.69) is 4.74 Å². The van der Waals surface area contributed by atoms with E-state index in [4.69, 9.17) is 5.73 Å². The van der Waals surface area contributed by atoms with Crippen LogP contribution in [-0.4, -0.2) is 13.1 Å². The average Bonchev–Trinajstić information content (AvgIpc) is 2.23. The van der Waals surface area contributed by atoms with Gasteiger partial charge in [0, 0.05) is 5.69 Å². The number of esters is 1. The number of carbonyl (C=O) groups excluding carboxylic acids is 1. The van der Waals surface area contributed by atoms with E-state index in [0.29, 0.717) is 0 Å². The minimum Gasteiger partial charge on any atom is -0.469 e. The molecule has 0 unspecified atom stereocenters. The van der Waals surface area contributed by atoms with Gasteiger partial charge in [0.15, 0.2) is 0 Å². The maximum Gasteiger partial charge on any atom is 0.309 e. The van der Waals surface area contributed by atoms with Gasteiger partial charge in [-0.05, 0) is 24.1 Å². The number of ether oxygens (including phenoxy) is 1. The number of nitrogens with two attached hydrogens (primary N) is 1. The lowest BCUT2D eigenvalue weighted by Crippen LogP contribution is -1.96. The predicted octanol–water partition coefficient (Wildman–Crippen LogP) is 2.15.